The molecule has 1 saturated heterocycles. The highest BCUT2D eigenvalue weighted by Gasteiger charge is 2.38. The molecule has 3 aliphatic heterocycles. The number of hydroxylamine groups is 1. The van der Waals surface area contributed by atoms with Crippen LogP contribution in [0.25, 0.3) is 6.08 Å². The van der Waals surface area contributed by atoms with Gasteiger partial charge in [0.05, 0.1) is 43.8 Å². The number of hydrazine groups is 1. The van der Waals surface area contributed by atoms with Crippen LogP contribution in [0.15, 0.2) is 42.5 Å². The molecule has 9 heteroatoms. The summed E-state index contributed by atoms with van der Waals surface area (Å²) in [5.41, 5.74) is 5.07. The molecule has 0 saturated carbocycles. The average Bonchev–Trinajstić information content (AvgIpc) is 2.68. The maximum Gasteiger partial charge on any atom is 0.340 e. The smallest absolute Gasteiger partial charge is 0.340 e. The van der Waals surface area contributed by atoms with Gasteiger partial charge in [-0.05, 0) is 29.4 Å². The number of rotatable bonds is 4. The minimum atomic E-state index is -3.72. The molecule has 3 heterocycles. The minimum Gasteiger partial charge on any atom is -0.375 e. The van der Waals surface area contributed by atoms with E-state index in [0.29, 0.717) is 38.0 Å². The van der Waals surface area contributed by atoms with Crippen molar-refractivity contribution >= 4 is 22.0 Å². The van der Waals surface area contributed by atoms with Crippen molar-refractivity contribution in [2.75, 3.05) is 32.1 Å². The molecule has 1 aromatic rings. The summed E-state index contributed by atoms with van der Waals surface area (Å²) < 4.78 is 36.9. The number of morpholine rings is 1. The molecule has 138 valence electrons. The third-order valence-electron chi connectivity index (χ3n) is 4.44. The standard InChI is InChI=1S/C17H21N4O4S/c1-2-26(22,23)25-21-16(19-9-11-24-12-10-19)13-18-20-8-7-14-5-3-4-6-15(14)17(20)21/h3-8,13,18H,2,9-12H2,1H3/q+1. The molecular weight excluding hydrogens is 356 g/mol. The lowest BCUT2D eigenvalue weighted by Gasteiger charge is -2.32. The molecule has 0 aliphatic carbocycles. The molecule has 0 amide bonds. The van der Waals surface area contributed by atoms with Crippen LogP contribution < -0.4 is 5.43 Å². The van der Waals surface area contributed by atoms with Gasteiger partial charge in [-0.3, -0.25) is 4.90 Å². The number of nitrogens with zero attached hydrogens (tertiary/aromatic N) is 3. The fourth-order valence-electron chi connectivity index (χ4n) is 3.06. The topological polar surface area (TPSA) is 74.1 Å². The number of amidine groups is 1. The normalized spacial score (nSPS) is 19.5. The van der Waals surface area contributed by atoms with Crippen LogP contribution in [0.1, 0.15) is 18.1 Å². The van der Waals surface area contributed by atoms with Crippen LogP contribution in [0, 0.1) is 0 Å². The van der Waals surface area contributed by atoms with Gasteiger partial charge in [-0.15, -0.1) is 0 Å². The Morgan fingerprint density at radius 2 is 2.04 bits per heavy atom. The van der Waals surface area contributed by atoms with Crippen molar-refractivity contribution in [1.29, 1.82) is 0 Å². The van der Waals surface area contributed by atoms with Crippen LogP contribution in [0.4, 0.5) is 0 Å². The Morgan fingerprint density at radius 3 is 2.81 bits per heavy atom. The number of benzene rings is 1. The van der Waals surface area contributed by atoms with Crippen molar-refractivity contribution in [2.24, 2.45) is 0 Å². The summed E-state index contributed by atoms with van der Waals surface area (Å²) in [5.74, 6) is 1.14. The highest BCUT2D eigenvalue weighted by Crippen LogP contribution is 2.24. The van der Waals surface area contributed by atoms with E-state index in [0.717, 1.165) is 11.1 Å². The van der Waals surface area contributed by atoms with Crippen LogP contribution in [-0.2, 0) is 19.1 Å². The van der Waals surface area contributed by atoms with E-state index in [4.69, 9.17) is 9.02 Å². The first-order valence-electron chi connectivity index (χ1n) is 8.54. The molecule has 1 N–H and O–H groups in total. The third kappa shape index (κ3) is 3.04. The average molecular weight is 377 g/mol. The summed E-state index contributed by atoms with van der Waals surface area (Å²) in [7, 11) is -3.72. The zero-order chi connectivity index (χ0) is 18.1. The highest BCUT2D eigenvalue weighted by atomic mass is 32.2. The second-order valence-corrected chi connectivity index (χ2v) is 7.88. The second-order valence-electron chi connectivity index (χ2n) is 6.04. The Balaban J connectivity index is 1.86. The Bertz CT molecular complexity index is 901. The summed E-state index contributed by atoms with van der Waals surface area (Å²) in [6.07, 6.45) is 5.56. The molecular formula is C17H21N4O4S+. The molecule has 26 heavy (non-hydrogen) atoms. The summed E-state index contributed by atoms with van der Waals surface area (Å²) in [6.45, 7) is 4.05. The van der Waals surface area contributed by atoms with E-state index in [1.807, 2.05) is 41.4 Å². The van der Waals surface area contributed by atoms with E-state index in [1.165, 1.54) is 4.74 Å². The monoisotopic (exact) mass is 377 g/mol. The Labute approximate surface area is 152 Å². The van der Waals surface area contributed by atoms with Crippen LogP contribution in [0.3, 0.4) is 0 Å². The second kappa shape index (κ2) is 6.65. The van der Waals surface area contributed by atoms with Gasteiger partial charge >= 0.3 is 10.1 Å². The van der Waals surface area contributed by atoms with Crippen molar-refractivity contribution in [1.82, 2.24) is 15.3 Å². The van der Waals surface area contributed by atoms with Gasteiger partial charge < -0.3 is 4.74 Å². The van der Waals surface area contributed by atoms with Gasteiger partial charge in [0, 0.05) is 0 Å². The van der Waals surface area contributed by atoms with Crippen LogP contribution in [0.5, 0.6) is 0 Å². The molecule has 0 unspecified atom stereocenters. The van der Waals surface area contributed by atoms with Gasteiger partial charge in [0.1, 0.15) is 6.20 Å². The van der Waals surface area contributed by atoms with E-state index in [1.54, 1.807) is 18.1 Å². The SMILES string of the molecule is CCS(=O)(=O)O[N+]1=C2c3ccccc3C=CN2NC=C1N1CCOCC1. The first-order valence-corrected chi connectivity index (χ1v) is 10.1. The summed E-state index contributed by atoms with van der Waals surface area (Å²) in [5, 5.41) is 1.75. The van der Waals surface area contributed by atoms with E-state index in [-0.39, 0.29) is 5.75 Å². The lowest BCUT2D eigenvalue weighted by molar-refractivity contribution is -0.722. The number of nitrogens with one attached hydrogen (secondary N) is 1. The van der Waals surface area contributed by atoms with E-state index in [2.05, 4.69) is 5.43 Å². The molecule has 0 bridgehead atoms. The van der Waals surface area contributed by atoms with Crippen molar-refractivity contribution in [3.8, 4) is 0 Å². The van der Waals surface area contributed by atoms with E-state index < -0.39 is 10.1 Å². The number of hydrogen-bond acceptors (Lipinski definition) is 7. The molecule has 0 aromatic heterocycles. The third-order valence-corrected chi connectivity index (χ3v) is 5.53. The molecule has 0 spiro atoms. The largest absolute Gasteiger partial charge is 0.375 e. The predicted octanol–water partition coefficient (Wildman–Crippen LogP) is 0.663. The molecule has 3 aliphatic rings. The molecule has 1 aromatic carbocycles. The number of hydrogen-bond donors (Lipinski definition) is 1. The fraction of sp³-hybridized carbons (Fsp3) is 0.353. The van der Waals surface area contributed by atoms with E-state index in [9.17, 15) is 8.42 Å². The van der Waals surface area contributed by atoms with Crippen LogP contribution >= 0.6 is 0 Å². The van der Waals surface area contributed by atoms with Crippen molar-refractivity contribution < 1.29 is 22.2 Å². The molecule has 1 fully saturated rings. The van der Waals surface area contributed by atoms with Crippen LogP contribution in [-0.4, -0.2) is 61.0 Å². The molecule has 0 atom stereocenters. The maximum atomic E-state index is 12.3. The van der Waals surface area contributed by atoms with Gasteiger partial charge in [-0.25, -0.2) is 9.71 Å². The van der Waals surface area contributed by atoms with Crippen molar-refractivity contribution in [3.63, 3.8) is 0 Å². The van der Waals surface area contributed by atoms with Crippen molar-refractivity contribution in [3.05, 3.63) is 53.6 Å². The summed E-state index contributed by atoms with van der Waals surface area (Å²) in [6, 6.07) is 7.79. The van der Waals surface area contributed by atoms with Gasteiger partial charge in [0.25, 0.3) is 11.7 Å². The lowest BCUT2D eigenvalue weighted by atomic mass is 10.0. The quantitative estimate of drug-likeness (QED) is 0.773. The molecule has 4 rings (SSSR count). The maximum absolute atomic E-state index is 12.3. The lowest BCUT2D eigenvalue weighted by Crippen LogP contribution is -2.51. The Morgan fingerprint density at radius 1 is 1.27 bits per heavy atom. The van der Waals surface area contributed by atoms with Gasteiger partial charge in [0.2, 0.25) is 0 Å². The summed E-state index contributed by atoms with van der Waals surface area (Å²) in [4.78, 5) is 2.05. The van der Waals surface area contributed by atoms with Gasteiger partial charge in [-0.2, -0.15) is 13.4 Å². The Hall–Kier alpha value is -2.52. The number of ether oxygens (including phenoxy) is 1. The molecule has 8 nitrogen and oxygen atoms in total. The van der Waals surface area contributed by atoms with Crippen molar-refractivity contribution in [2.45, 2.75) is 6.92 Å². The van der Waals surface area contributed by atoms with Gasteiger partial charge in [-0.1, -0.05) is 18.2 Å². The highest BCUT2D eigenvalue weighted by molar-refractivity contribution is 7.86. The first kappa shape index (κ1) is 16.9. The first-order chi connectivity index (χ1) is 12.6. The number of fused-ring (bicyclic) bond motifs is 3. The van der Waals surface area contributed by atoms with Gasteiger partial charge in [0.15, 0.2) is 0 Å². The Kier molecular flexibility index (Phi) is 4.33. The minimum absolute atomic E-state index is 0.113. The van der Waals surface area contributed by atoms with Crippen LogP contribution in [0.2, 0.25) is 0 Å². The summed E-state index contributed by atoms with van der Waals surface area (Å²) >= 11 is 0. The zero-order valence-corrected chi connectivity index (χ0v) is 15.3. The fourth-order valence-corrected chi connectivity index (χ4v) is 3.54. The van der Waals surface area contributed by atoms with E-state index >= 15 is 0 Å². The zero-order valence-electron chi connectivity index (χ0n) is 14.5. The predicted molar refractivity (Wildman–Crippen MR) is 95.8 cm³/mol. The molecule has 0 radical (unpaired) electrons.